The molecule has 0 spiro atoms. The van der Waals surface area contributed by atoms with Gasteiger partial charge in [0.15, 0.2) is 11.9 Å². The van der Waals surface area contributed by atoms with E-state index in [0.29, 0.717) is 6.54 Å². The lowest BCUT2D eigenvalue weighted by molar-refractivity contribution is -0.402. The Bertz CT molecular complexity index is 627. The Morgan fingerprint density at radius 2 is 2.43 bits per heavy atom. The predicted octanol–water partition coefficient (Wildman–Crippen LogP) is 1.09. The molecule has 23 heavy (non-hydrogen) atoms. The van der Waals surface area contributed by atoms with Crippen LogP contribution in [-0.2, 0) is 9.47 Å². The minimum atomic E-state index is -0.716. The summed E-state index contributed by atoms with van der Waals surface area (Å²) in [6.45, 7) is 2.15. The average Bonchev–Trinajstić information content (AvgIpc) is 3.10. The lowest BCUT2D eigenvalue weighted by Crippen LogP contribution is -2.29. The van der Waals surface area contributed by atoms with Crippen molar-refractivity contribution in [2.75, 3.05) is 19.7 Å². The molecule has 0 bridgehead atoms. The molecule has 11 nitrogen and oxygen atoms in total. The van der Waals surface area contributed by atoms with Crippen LogP contribution in [0.25, 0.3) is 0 Å². The van der Waals surface area contributed by atoms with Crippen LogP contribution >= 0.6 is 0 Å². The van der Waals surface area contributed by atoms with Crippen molar-refractivity contribution < 1.29 is 28.4 Å². The highest BCUT2D eigenvalue weighted by atomic mass is 16.6. The number of rotatable bonds is 6. The molecule has 1 aromatic heterocycles. The van der Waals surface area contributed by atoms with Crippen molar-refractivity contribution in [3.8, 4) is 0 Å². The van der Waals surface area contributed by atoms with E-state index in [2.05, 4.69) is 10.4 Å². The van der Waals surface area contributed by atoms with Crippen molar-refractivity contribution in [1.29, 1.82) is 0 Å². The van der Waals surface area contributed by atoms with Gasteiger partial charge in [0.1, 0.15) is 11.5 Å². The van der Waals surface area contributed by atoms with Crippen LogP contribution in [0, 0.1) is 10.1 Å². The second kappa shape index (κ2) is 7.24. The number of amides is 2. The van der Waals surface area contributed by atoms with Crippen LogP contribution in [0.1, 0.15) is 12.7 Å². The Kier molecular flexibility index (Phi) is 5.12. The monoisotopic (exact) mass is 326 g/mol. The van der Waals surface area contributed by atoms with E-state index in [1.807, 2.05) is 0 Å². The molecule has 2 rings (SSSR count). The van der Waals surface area contributed by atoms with Crippen molar-refractivity contribution in [3.63, 3.8) is 0 Å². The number of nitrogens with zero attached hydrogens (tertiary/aromatic N) is 3. The van der Waals surface area contributed by atoms with Crippen molar-refractivity contribution in [1.82, 2.24) is 10.3 Å². The molecule has 0 aromatic carbocycles. The summed E-state index contributed by atoms with van der Waals surface area (Å²) in [5, 5.41) is 17.7. The van der Waals surface area contributed by atoms with Gasteiger partial charge in [-0.1, -0.05) is 0 Å². The molecule has 0 aliphatic carbocycles. The van der Waals surface area contributed by atoms with Crippen LogP contribution in [0.15, 0.2) is 21.7 Å². The Balaban J connectivity index is 1.86. The summed E-state index contributed by atoms with van der Waals surface area (Å²) in [6, 6.07) is 2.52. The zero-order valence-electron chi connectivity index (χ0n) is 12.1. The van der Waals surface area contributed by atoms with Crippen LogP contribution < -0.4 is 5.32 Å². The van der Waals surface area contributed by atoms with Crippen molar-refractivity contribution in [2.45, 2.75) is 13.0 Å². The predicted molar refractivity (Wildman–Crippen MR) is 75.0 cm³/mol. The third-order valence-corrected chi connectivity index (χ3v) is 2.69. The number of carbonyl (C=O) groups excluding carboxylic acids is 2. The molecule has 1 N–H and O–H groups in total. The average molecular weight is 326 g/mol. The fourth-order valence-corrected chi connectivity index (χ4v) is 1.69. The third-order valence-electron chi connectivity index (χ3n) is 2.69. The minimum Gasteiger partial charge on any atom is -0.446 e. The summed E-state index contributed by atoms with van der Waals surface area (Å²) in [6.07, 6.45) is -0.810. The standard InChI is InChI=1S/C12H14N4O7/c1-2-13-11(17)21-7-9-6-15(12(18)23-9)14-5-8-3-4-10(22-8)16(19)20/h3-5,9H,2,6-7H2,1H3,(H,13,17). The Labute approximate surface area is 130 Å². The summed E-state index contributed by atoms with van der Waals surface area (Å²) in [4.78, 5) is 32.5. The summed E-state index contributed by atoms with van der Waals surface area (Å²) < 4.78 is 14.7. The fraction of sp³-hybridized carbons (Fsp3) is 0.417. The second-order valence-electron chi connectivity index (χ2n) is 4.39. The largest absolute Gasteiger partial charge is 0.446 e. The number of ether oxygens (including phenoxy) is 2. The van der Waals surface area contributed by atoms with Gasteiger partial charge in [0.25, 0.3) is 0 Å². The minimum absolute atomic E-state index is 0.0809. The quantitative estimate of drug-likeness (QED) is 0.469. The first kappa shape index (κ1) is 16.3. The van der Waals surface area contributed by atoms with Crippen molar-refractivity contribution in [2.24, 2.45) is 5.10 Å². The Morgan fingerprint density at radius 1 is 1.65 bits per heavy atom. The van der Waals surface area contributed by atoms with Gasteiger partial charge >= 0.3 is 18.1 Å². The smallest absolute Gasteiger partial charge is 0.433 e. The van der Waals surface area contributed by atoms with E-state index < -0.39 is 29.1 Å². The normalized spacial score (nSPS) is 17.3. The number of nitrogens with one attached hydrogen (secondary N) is 1. The topological polar surface area (TPSA) is 137 Å². The highest BCUT2D eigenvalue weighted by molar-refractivity contribution is 5.78. The zero-order chi connectivity index (χ0) is 16.8. The SMILES string of the molecule is CCNC(=O)OCC1CN(N=Cc2ccc([N+](=O)[O-])o2)C(=O)O1. The first-order valence-corrected chi connectivity index (χ1v) is 6.66. The van der Waals surface area contributed by atoms with E-state index in [1.165, 1.54) is 12.1 Å². The molecule has 2 heterocycles. The molecule has 1 aliphatic rings. The lowest BCUT2D eigenvalue weighted by Gasteiger charge is -2.08. The molecule has 2 amide bonds. The molecule has 1 atom stereocenters. The van der Waals surface area contributed by atoms with E-state index in [1.54, 1.807) is 6.92 Å². The van der Waals surface area contributed by atoms with Gasteiger partial charge in [0.2, 0.25) is 0 Å². The van der Waals surface area contributed by atoms with E-state index >= 15 is 0 Å². The van der Waals surface area contributed by atoms with Gasteiger partial charge in [-0.3, -0.25) is 10.1 Å². The highest BCUT2D eigenvalue weighted by Gasteiger charge is 2.32. The first-order chi connectivity index (χ1) is 11.0. The molecule has 0 radical (unpaired) electrons. The number of cyclic esters (lactones) is 1. The Hall–Kier alpha value is -3.11. The maximum Gasteiger partial charge on any atom is 0.433 e. The number of hydrazone groups is 1. The zero-order valence-corrected chi connectivity index (χ0v) is 12.1. The molecule has 0 saturated carbocycles. The van der Waals surface area contributed by atoms with Crippen molar-refractivity contribution >= 4 is 24.3 Å². The maximum absolute atomic E-state index is 11.6. The number of alkyl carbamates (subject to hydrolysis) is 1. The molecular weight excluding hydrogens is 312 g/mol. The van der Waals surface area contributed by atoms with Crippen LogP contribution in [0.2, 0.25) is 0 Å². The molecular formula is C12H14N4O7. The highest BCUT2D eigenvalue weighted by Crippen LogP contribution is 2.15. The molecule has 1 saturated heterocycles. The molecule has 1 aliphatic heterocycles. The maximum atomic E-state index is 11.6. The lowest BCUT2D eigenvalue weighted by atomic mass is 10.4. The molecule has 124 valence electrons. The number of carbonyl (C=O) groups is 2. The van der Waals surface area contributed by atoms with E-state index in [0.717, 1.165) is 11.2 Å². The van der Waals surface area contributed by atoms with E-state index in [4.69, 9.17) is 13.9 Å². The van der Waals surface area contributed by atoms with Crippen LogP contribution in [0.5, 0.6) is 0 Å². The Morgan fingerprint density at radius 3 is 3.09 bits per heavy atom. The number of nitro groups is 1. The fourth-order valence-electron chi connectivity index (χ4n) is 1.69. The summed E-state index contributed by atoms with van der Waals surface area (Å²) in [5.41, 5.74) is 0. The number of hydrogen-bond acceptors (Lipinski definition) is 8. The third kappa shape index (κ3) is 4.43. The second-order valence-corrected chi connectivity index (χ2v) is 4.39. The molecule has 11 heteroatoms. The molecule has 1 aromatic rings. The molecule has 1 fully saturated rings. The summed E-state index contributed by atoms with van der Waals surface area (Å²) >= 11 is 0. The summed E-state index contributed by atoms with van der Waals surface area (Å²) in [7, 11) is 0. The molecule has 1 unspecified atom stereocenters. The van der Waals surface area contributed by atoms with E-state index in [-0.39, 0.29) is 18.9 Å². The van der Waals surface area contributed by atoms with Crippen molar-refractivity contribution in [3.05, 3.63) is 28.0 Å². The van der Waals surface area contributed by atoms with Gasteiger partial charge in [-0.2, -0.15) is 10.1 Å². The van der Waals surface area contributed by atoms with Gasteiger partial charge in [-0.05, 0) is 13.0 Å². The van der Waals surface area contributed by atoms with Gasteiger partial charge in [0, 0.05) is 6.54 Å². The number of hydrogen-bond donors (Lipinski definition) is 1. The van der Waals surface area contributed by atoms with Gasteiger partial charge in [-0.25, -0.2) is 9.59 Å². The van der Waals surface area contributed by atoms with Gasteiger partial charge < -0.3 is 19.2 Å². The van der Waals surface area contributed by atoms with Crippen LogP contribution in [-0.4, -0.2) is 54.1 Å². The van der Waals surface area contributed by atoms with Gasteiger partial charge in [0.05, 0.1) is 18.8 Å². The van der Waals surface area contributed by atoms with Crippen LogP contribution in [0.4, 0.5) is 15.5 Å². The van der Waals surface area contributed by atoms with Crippen LogP contribution in [0.3, 0.4) is 0 Å². The van der Waals surface area contributed by atoms with E-state index in [9.17, 15) is 19.7 Å². The summed E-state index contributed by atoms with van der Waals surface area (Å²) in [5.74, 6) is -0.310. The number of furan rings is 1. The first-order valence-electron chi connectivity index (χ1n) is 6.66. The van der Waals surface area contributed by atoms with Gasteiger partial charge in [-0.15, -0.1) is 0 Å².